The van der Waals surface area contributed by atoms with Crippen LogP contribution in [0.25, 0.3) is 0 Å². The van der Waals surface area contributed by atoms with Crippen LogP contribution in [0, 0.1) is 0 Å². The molecule has 0 bridgehead atoms. The first-order chi connectivity index (χ1) is 12.3. The standard InChI is InChI=1S/C18H21F3N2O3/c19-18(20,21)14-4-1-3-13(11-14)12-16(24)22-6-8-23(9-7-22)17(25)15-5-2-10-26-15/h1,3-4,11,15H,2,5-10,12H2. The minimum Gasteiger partial charge on any atom is -0.368 e. The van der Waals surface area contributed by atoms with Crippen LogP contribution >= 0.6 is 0 Å². The Hall–Kier alpha value is -2.09. The van der Waals surface area contributed by atoms with E-state index in [4.69, 9.17) is 4.74 Å². The number of carbonyl (C=O) groups is 2. The van der Waals surface area contributed by atoms with Crippen LogP contribution < -0.4 is 0 Å². The van der Waals surface area contributed by atoms with E-state index in [1.165, 1.54) is 12.1 Å². The van der Waals surface area contributed by atoms with Gasteiger partial charge in [-0.2, -0.15) is 13.2 Å². The Kier molecular flexibility index (Phi) is 5.50. The number of rotatable bonds is 3. The summed E-state index contributed by atoms with van der Waals surface area (Å²) in [7, 11) is 0. The molecule has 0 saturated carbocycles. The molecule has 8 heteroatoms. The SMILES string of the molecule is O=C(Cc1cccc(C(F)(F)F)c1)N1CCN(C(=O)C2CCCO2)CC1. The summed E-state index contributed by atoms with van der Waals surface area (Å²) in [5.74, 6) is -0.263. The lowest BCUT2D eigenvalue weighted by atomic mass is 10.1. The molecule has 2 amide bonds. The number of nitrogens with zero attached hydrogens (tertiary/aromatic N) is 2. The quantitative estimate of drug-likeness (QED) is 0.819. The first-order valence-electron chi connectivity index (χ1n) is 8.69. The van der Waals surface area contributed by atoms with Crippen molar-refractivity contribution in [2.24, 2.45) is 0 Å². The first kappa shape index (κ1) is 18.7. The Labute approximate surface area is 149 Å². The molecule has 26 heavy (non-hydrogen) atoms. The smallest absolute Gasteiger partial charge is 0.368 e. The van der Waals surface area contributed by atoms with Crippen LogP contribution in [0.15, 0.2) is 24.3 Å². The van der Waals surface area contributed by atoms with Crippen molar-refractivity contribution in [3.8, 4) is 0 Å². The minimum absolute atomic E-state index is 0.0347. The van der Waals surface area contributed by atoms with Crippen molar-refractivity contribution in [3.63, 3.8) is 0 Å². The predicted octanol–water partition coefficient (Wildman–Crippen LogP) is 2.10. The van der Waals surface area contributed by atoms with Crippen molar-refractivity contribution >= 4 is 11.8 Å². The summed E-state index contributed by atoms with van der Waals surface area (Å²) in [6.45, 7) is 2.22. The summed E-state index contributed by atoms with van der Waals surface area (Å²) < 4.78 is 43.7. The molecule has 2 aliphatic heterocycles. The van der Waals surface area contributed by atoms with Crippen LogP contribution in [0.2, 0.25) is 0 Å². The van der Waals surface area contributed by atoms with E-state index in [0.717, 1.165) is 25.0 Å². The van der Waals surface area contributed by atoms with Gasteiger partial charge in [0.1, 0.15) is 6.10 Å². The molecule has 0 aromatic heterocycles. The van der Waals surface area contributed by atoms with E-state index in [1.807, 2.05) is 0 Å². The van der Waals surface area contributed by atoms with Gasteiger partial charge in [-0.1, -0.05) is 18.2 Å². The predicted molar refractivity (Wildman–Crippen MR) is 87.3 cm³/mol. The van der Waals surface area contributed by atoms with Gasteiger partial charge in [0.05, 0.1) is 12.0 Å². The molecule has 1 atom stereocenters. The number of benzene rings is 1. The number of hydrogen-bond acceptors (Lipinski definition) is 3. The molecule has 2 aliphatic rings. The van der Waals surface area contributed by atoms with Crippen molar-refractivity contribution in [1.29, 1.82) is 0 Å². The molecule has 0 spiro atoms. The summed E-state index contributed by atoms with van der Waals surface area (Å²) in [5.41, 5.74) is -0.419. The molecule has 0 radical (unpaired) electrons. The number of piperazine rings is 1. The summed E-state index contributed by atoms with van der Waals surface area (Å²) >= 11 is 0. The van der Waals surface area contributed by atoms with Gasteiger partial charge in [0.15, 0.2) is 0 Å². The van der Waals surface area contributed by atoms with Crippen LogP contribution in [0.4, 0.5) is 13.2 Å². The zero-order chi connectivity index (χ0) is 18.7. The molecule has 1 unspecified atom stereocenters. The number of carbonyl (C=O) groups excluding carboxylic acids is 2. The molecule has 0 aliphatic carbocycles. The third-order valence-electron chi connectivity index (χ3n) is 4.76. The zero-order valence-electron chi connectivity index (χ0n) is 14.3. The van der Waals surface area contributed by atoms with E-state index in [2.05, 4.69) is 0 Å². The molecule has 0 N–H and O–H groups in total. The third kappa shape index (κ3) is 4.35. The molecular formula is C18H21F3N2O3. The average molecular weight is 370 g/mol. The van der Waals surface area contributed by atoms with Crippen molar-refractivity contribution in [2.45, 2.75) is 31.5 Å². The highest BCUT2D eigenvalue weighted by atomic mass is 19.4. The van der Waals surface area contributed by atoms with Gasteiger partial charge in [-0.15, -0.1) is 0 Å². The van der Waals surface area contributed by atoms with Crippen molar-refractivity contribution in [3.05, 3.63) is 35.4 Å². The lowest BCUT2D eigenvalue weighted by molar-refractivity contribution is -0.145. The Balaban J connectivity index is 1.53. The number of halogens is 3. The largest absolute Gasteiger partial charge is 0.416 e. The van der Waals surface area contributed by atoms with E-state index in [9.17, 15) is 22.8 Å². The van der Waals surface area contributed by atoms with Gasteiger partial charge in [-0.05, 0) is 24.5 Å². The van der Waals surface area contributed by atoms with Gasteiger partial charge >= 0.3 is 6.18 Å². The molecule has 1 aromatic rings. The molecule has 3 rings (SSSR count). The van der Waals surface area contributed by atoms with Gasteiger partial charge in [-0.25, -0.2) is 0 Å². The van der Waals surface area contributed by atoms with E-state index in [-0.39, 0.29) is 24.3 Å². The fourth-order valence-electron chi connectivity index (χ4n) is 3.30. The van der Waals surface area contributed by atoms with Crippen molar-refractivity contribution in [1.82, 2.24) is 9.80 Å². The Morgan fingerprint density at radius 3 is 2.42 bits per heavy atom. The normalized spacial score (nSPS) is 21.1. The lowest BCUT2D eigenvalue weighted by Crippen LogP contribution is -2.53. The van der Waals surface area contributed by atoms with Crippen molar-refractivity contribution in [2.75, 3.05) is 32.8 Å². The highest BCUT2D eigenvalue weighted by Crippen LogP contribution is 2.29. The summed E-state index contributed by atoms with van der Waals surface area (Å²) in [4.78, 5) is 28.0. The van der Waals surface area contributed by atoms with Crippen LogP contribution in [0.1, 0.15) is 24.0 Å². The van der Waals surface area contributed by atoms with Crippen LogP contribution in [0.3, 0.4) is 0 Å². The maximum atomic E-state index is 12.8. The van der Waals surface area contributed by atoms with Gasteiger partial charge in [0, 0.05) is 32.8 Å². The molecule has 1 aromatic carbocycles. The summed E-state index contributed by atoms with van der Waals surface area (Å²) in [6.07, 6.45) is -3.27. The number of alkyl halides is 3. The molecule has 5 nitrogen and oxygen atoms in total. The van der Waals surface area contributed by atoms with Crippen molar-refractivity contribution < 1.29 is 27.5 Å². The first-order valence-corrected chi connectivity index (χ1v) is 8.69. The summed E-state index contributed by atoms with van der Waals surface area (Å²) in [5, 5.41) is 0. The van der Waals surface area contributed by atoms with Gasteiger partial charge in [0.25, 0.3) is 5.91 Å². The van der Waals surface area contributed by atoms with Crippen LogP contribution in [-0.4, -0.2) is 60.5 Å². The van der Waals surface area contributed by atoms with Crippen LogP contribution in [-0.2, 0) is 26.9 Å². The van der Waals surface area contributed by atoms with Crippen LogP contribution in [0.5, 0.6) is 0 Å². The molecule has 2 heterocycles. The summed E-state index contributed by atoms with van der Waals surface area (Å²) in [6, 6.07) is 4.83. The van der Waals surface area contributed by atoms with E-state index in [1.54, 1.807) is 9.80 Å². The maximum absolute atomic E-state index is 12.8. The average Bonchev–Trinajstić information content (AvgIpc) is 3.15. The monoisotopic (exact) mass is 370 g/mol. The second-order valence-electron chi connectivity index (χ2n) is 6.58. The highest BCUT2D eigenvalue weighted by Gasteiger charge is 2.32. The fraction of sp³-hybridized carbons (Fsp3) is 0.556. The highest BCUT2D eigenvalue weighted by molar-refractivity contribution is 5.82. The Morgan fingerprint density at radius 1 is 1.12 bits per heavy atom. The lowest BCUT2D eigenvalue weighted by Gasteiger charge is -2.35. The topological polar surface area (TPSA) is 49.9 Å². The second-order valence-corrected chi connectivity index (χ2v) is 6.58. The number of amides is 2. The molecule has 142 valence electrons. The second kappa shape index (κ2) is 7.65. The maximum Gasteiger partial charge on any atom is 0.416 e. The fourth-order valence-corrected chi connectivity index (χ4v) is 3.30. The van der Waals surface area contributed by atoms with E-state index < -0.39 is 11.7 Å². The van der Waals surface area contributed by atoms with Gasteiger partial charge in [-0.3, -0.25) is 9.59 Å². The Morgan fingerprint density at radius 2 is 1.81 bits per heavy atom. The minimum atomic E-state index is -4.42. The van der Waals surface area contributed by atoms with E-state index in [0.29, 0.717) is 38.3 Å². The molecule has 2 fully saturated rings. The third-order valence-corrected chi connectivity index (χ3v) is 4.76. The number of ether oxygens (including phenoxy) is 1. The molecule has 2 saturated heterocycles. The van der Waals surface area contributed by atoms with Gasteiger partial charge in [0.2, 0.25) is 5.91 Å². The van der Waals surface area contributed by atoms with Gasteiger partial charge < -0.3 is 14.5 Å². The van der Waals surface area contributed by atoms with E-state index >= 15 is 0 Å². The Bertz CT molecular complexity index is 664. The zero-order valence-corrected chi connectivity index (χ0v) is 14.3. The number of hydrogen-bond donors (Lipinski definition) is 0. The molecular weight excluding hydrogens is 349 g/mol.